The third kappa shape index (κ3) is 2.70. The van der Waals surface area contributed by atoms with Gasteiger partial charge < -0.3 is 10.3 Å². The number of nitrogens with one attached hydrogen (secondary N) is 2. The van der Waals surface area contributed by atoms with Crippen LogP contribution in [0.1, 0.15) is 17.9 Å². The highest BCUT2D eigenvalue weighted by atomic mass is 35.5. The highest BCUT2D eigenvalue weighted by Gasteiger charge is 2.31. The van der Waals surface area contributed by atoms with Crippen LogP contribution < -0.4 is 5.32 Å². The second-order valence-corrected chi connectivity index (χ2v) is 6.67. The molecule has 2 atom stereocenters. The molecular formula is C19H17ClF2N2. The van der Waals surface area contributed by atoms with E-state index in [9.17, 15) is 8.78 Å². The molecule has 1 aromatic heterocycles. The summed E-state index contributed by atoms with van der Waals surface area (Å²) in [6.45, 7) is 1.25. The minimum absolute atomic E-state index is 0.271. The van der Waals surface area contributed by atoms with E-state index in [0.717, 1.165) is 27.7 Å². The van der Waals surface area contributed by atoms with Gasteiger partial charge in [-0.05, 0) is 42.8 Å². The average Bonchev–Trinajstić information content (AvgIpc) is 2.93. The van der Waals surface area contributed by atoms with Gasteiger partial charge >= 0.3 is 0 Å². The summed E-state index contributed by atoms with van der Waals surface area (Å²) in [7, 11) is 0. The van der Waals surface area contributed by atoms with Gasteiger partial charge in [-0.15, -0.1) is 0 Å². The van der Waals surface area contributed by atoms with Crippen molar-refractivity contribution in [3.05, 3.63) is 58.9 Å². The molecule has 124 valence electrons. The zero-order valence-electron chi connectivity index (χ0n) is 13.0. The molecule has 0 aliphatic carbocycles. The molecule has 1 aliphatic rings. The van der Waals surface area contributed by atoms with Crippen LogP contribution in [0.3, 0.4) is 0 Å². The Morgan fingerprint density at radius 2 is 2.00 bits per heavy atom. The van der Waals surface area contributed by atoms with Crippen LogP contribution >= 0.6 is 11.6 Å². The van der Waals surface area contributed by atoms with Gasteiger partial charge in [-0.1, -0.05) is 29.8 Å². The zero-order valence-corrected chi connectivity index (χ0v) is 13.7. The van der Waals surface area contributed by atoms with Gasteiger partial charge in [0.1, 0.15) is 12.0 Å². The number of hydrogen-bond donors (Lipinski definition) is 2. The Kier molecular flexibility index (Phi) is 4.02. The molecule has 0 bridgehead atoms. The fourth-order valence-electron chi connectivity index (χ4n) is 3.56. The molecule has 3 aromatic rings. The van der Waals surface area contributed by atoms with Crippen molar-refractivity contribution in [2.24, 2.45) is 0 Å². The normalized spacial score (nSPS) is 21.3. The van der Waals surface area contributed by atoms with Crippen molar-refractivity contribution in [2.75, 3.05) is 13.1 Å². The summed E-state index contributed by atoms with van der Waals surface area (Å²) >= 11 is 6.10. The molecule has 2 N–H and O–H groups in total. The highest BCUT2D eigenvalue weighted by molar-refractivity contribution is 6.31. The Bertz CT molecular complexity index is 890. The predicted molar refractivity (Wildman–Crippen MR) is 93.8 cm³/mol. The molecule has 0 saturated carbocycles. The number of H-pyrrole nitrogens is 1. The number of hydrogen-bond acceptors (Lipinski definition) is 1. The SMILES string of the molecule is Fc1cccc(-c2[nH]c3cc(Cl)ccc3c2C2CNCCC2F)c1. The number of benzene rings is 2. The topological polar surface area (TPSA) is 27.8 Å². The lowest BCUT2D eigenvalue weighted by Crippen LogP contribution is -2.36. The maximum atomic E-state index is 14.6. The third-order valence-electron chi connectivity index (χ3n) is 4.68. The molecule has 0 spiro atoms. The first kappa shape index (κ1) is 15.6. The van der Waals surface area contributed by atoms with Gasteiger partial charge in [-0.3, -0.25) is 0 Å². The van der Waals surface area contributed by atoms with E-state index in [1.807, 2.05) is 18.2 Å². The summed E-state index contributed by atoms with van der Waals surface area (Å²) in [5, 5.41) is 4.82. The Morgan fingerprint density at radius 3 is 2.79 bits per heavy atom. The number of piperidine rings is 1. The van der Waals surface area contributed by atoms with Crippen LogP contribution in [0, 0.1) is 5.82 Å². The van der Waals surface area contributed by atoms with Crippen molar-refractivity contribution in [2.45, 2.75) is 18.5 Å². The summed E-state index contributed by atoms with van der Waals surface area (Å²) in [6.07, 6.45) is -0.443. The van der Waals surface area contributed by atoms with E-state index in [1.165, 1.54) is 12.1 Å². The van der Waals surface area contributed by atoms with Gasteiger partial charge in [-0.25, -0.2) is 8.78 Å². The van der Waals surface area contributed by atoms with E-state index in [-0.39, 0.29) is 11.7 Å². The van der Waals surface area contributed by atoms with Crippen LogP contribution in [0.25, 0.3) is 22.2 Å². The molecule has 2 nitrogen and oxygen atoms in total. The van der Waals surface area contributed by atoms with E-state index >= 15 is 0 Å². The Balaban J connectivity index is 1.96. The van der Waals surface area contributed by atoms with Gasteiger partial charge in [0.05, 0.1) is 5.69 Å². The Morgan fingerprint density at radius 1 is 1.12 bits per heavy atom. The first-order valence-corrected chi connectivity index (χ1v) is 8.43. The first-order valence-electron chi connectivity index (χ1n) is 8.05. The van der Waals surface area contributed by atoms with E-state index in [1.54, 1.807) is 12.1 Å². The van der Waals surface area contributed by atoms with Crippen LogP contribution in [-0.2, 0) is 0 Å². The lowest BCUT2D eigenvalue weighted by molar-refractivity contribution is 0.229. The fraction of sp³-hybridized carbons (Fsp3) is 0.263. The molecule has 24 heavy (non-hydrogen) atoms. The second kappa shape index (κ2) is 6.19. The monoisotopic (exact) mass is 346 g/mol. The zero-order chi connectivity index (χ0) is 16.7. The fourth-order valence-corrected chi connectivity index (χ4v) is 3.73. The summed E-state index contributed by atoms with van der Waals surface area (Å²) in [4.78, 5) is 3.32. The minimum atomic E-state index is -0.923. The van der Waals surface area contributed by atoms with Crippen molar-refractivity contribution in [1.29, 1.82) is 0 Å². The van der Waals surface area contributed by atoms with Crippen molar-refractivity contribution >= 4 is 22.5 Å². The number of fused-ring (bicyclic) bond motifs is 1. The minimum Gasteiger partial charge on any atom is -0.354 e. The Hall–Kier alpha value is -1.91. The molecular weight excluding hydrogens is 330 g/mol. The lowest BCUT2D eigenvalue weighted by atomic mass is 9.86. The number of halogens is 3. The third-order valence-corrected chi connectivity index (χ3v) is 4.92. The maximum Gasteiger partial charge on any atom is 0.123 e. The van der Waals surface area contributed by atoms with Gasteiger partial charge in [0.25, 0.3) is 0 Å². The molecule has 5 heteroatoms. The summed E-state index contributed by atoms with van der Waals surface area (Å²) in [5.74, 6) is -0.583. The number of rotatable bonds is 2. The molecule has 2 aromatic carbocycles. The number of aromatic nitrogens is 1. The van der Waals surface area contributed by atoms with Crippen molar-refractivity contribution in [3.63, 3.8) is 0 Å². The summed E-state index contributed by atoms with van der Waals surface area (Å²) < 4.78 is 28.3. The number of alkyl halides is 1. The molecule has 2 heterocycles. The smallest absolute Gasteiger partial charge is 0.123 e. The van der Waals surface area contributed by atoms with E-state index < -0.39 is 6.17 Å². The van der Waals surface area contributed by atoms with Crippen LogP contribution in [0.15, 0.2) is 42.5 Å². The standard InChI is InChI=1S/C19H17ClF2N2/c20-12-4-5-14-17(9-12)24-19(11-2-1-3-13(21)8-11)18(14)15-10-23-7-6-16(15)22/h1-5,8-9,15-16,23-24H,6-7,10H2. The molecule has 1 aliphatic heterocycles. The second-order valence-electron chi connectivity index (χ2n) is 6.23. The van der Waals surface area contributed by atoms with Crippen LogP contribution in [0.4, 0.5) is 8.78 Å². The van der Waals surface area contributed by atoms with Crippen LogP contribution in [0.2, 0.25) is 5.02 Å². The van der Waals surface area contributed by atoms with Crippen molar-refractivity contribution < 1.29 is 8.78 Å². The molecule has 0 radical (unpaired) electrons. The van der Waals surface area contributed by atoms with Gasteiger partial charge in [0.15, 0.2) is 0 Å². The van der Waals surface area contributed by atoms with Gasteiger partial charge in [0, 0.05) is 34.0 Å². The predicted octanol–water partition coefficient (Wildman–Crippen LogP) is 5.04. The van der Waals surface area contributed by atoms with E-state index in [4.69, 9.17) is 11.6 Å². The number of aromatic amines is 1. The van der Waals surface area contributed by atoms with Gasteiger partial charge in [-0.2, -0.15) is 0 Å². The van der Waals surface area contributed by atoms with Crippen LogP contribution in [-0.4, -0.2) is 24.2 Å². The first-order chi connectivity index (χ1) is 11.6. The van der Waals surface area contributed by atoms with E-state index in [2.05, 4.69) is 10.3 Å². The Labute approximate surface area is 143 Å². The molecule has 1 fully saturated rings. The van der Waals surface area contributed by atoms with Gasteiger partial charge in [0.2, 0.25) is 0 Å². The summed E-state index contributed by atoms with van der Waals surface area (Å²) in [5.41, 5.74) is 3.22. The lowest BCUT2D eigenvalue weighted by Gasteiger charge is -2.27. The molecule has 2 unspecified atom stereocenters. The van der Waals surface area contributed by atoms with Crippen LogP contribution in [0.5, 0.6) is 0 Å². The molecule has 1 saturated heterocycles. The van der Waals surface area contributed by atoms with Crippen molar-refractivity contribution in [3.8, 4) is 11.3 Å². The quantitative estimate of drug-likeness (QED) is 0.668. The summed E-state index contributed by atoms with van der Waals surface area (Å²) in [6, 6.07) is 11.9. The largest absolute Gasteiger partial charge is 0.354 e. The maximum absolute atomic E-state index is 14.6. The average molecular weight is 347 g/mol. The van der Waals surface area contributed by atoms with Crippen molar-refractivity contribution in [1.82, 2.24) is 10.3 Å². The molecule has 4 rings (SSSR count). The van der Waals surface area contributed by atoms with E-state index in [0.29, 0.717) is 24.5 Å². The molecule has 0 amide bonds. The highest BCUT2D eigenvalue weighted by Crippen LogP contribution is 2.40.